The summed E-state index contributed by atoms with van der Waals surface area (Å²) in [4.78, 5) is 24.3. The first-order valence-corrected chi connectivity index (χ1v) is 5.10. The molecule has 8 nitrogen and oxygen atoms in total. The summed E-state index contributed by atoms with van der Waals surface area (Å²) < 4.78 is 0. The molecule has 1 atom stereocenters. The number of nitrogens with one attached hydrogen (secondary N) is 1. The SMILES string of the molecule is N#C[C@@H]1CCCN1C(=O)CNC(=O)/C(N)=N/N. The normalized spacial score (nSPS) is 19.8. The molecule has 1 heterocycles. The van der Waals surface area contributed by atoms with Crippen LogP contribution >= 0.6 is 0 Å². The topological polar surface area (TPSA) is 138 Å². The van der Waals surface area contributed by atoms with Crippen molar-refractivity contribution in [2.75, 3.05) is 13.1 Å². The van der Waals surface area contributed by atoms with E-state index in [1.54, 1.807) is 0 Å². The van der Waals surface area contributed by atoms with E-state index in [2.05, 4.69) is 10.4 Å². The molecule has 1 fully saturated rings. The minimum absolute atomic E-state index is 0.215. The fraction of sp³-hybridized carbons (Fsp3) is 0.556. The zero-order valence-corrected chi connectivity index (χ0v) is 9.22. The minimum atomic E-state index is -0.700. The van der Waals surface area contributed by atoms with Crippen LogP contribution in [0.1, 0.15) is 12.8 Å². The first kappa shape index (κ1) is 12.8. The van der Waals surface area contributed by atoms with Crippen LogP contribution < -0.4 is 16.9 Å². The summed E-state index contributed by atoms with van der Waals surface area (Å²) in [5.74, 6) is 3.40. The number of rotatable bonds is 2. The van der Waals surface area contributed by atoms with Crippen LogP contribution in [-0.4, -0.2) is 41.7 Å². The third kappa shape index (κ3) is 3.07. The molecule has 17 heavy (non-hydrogen) atoms. The molecule has 0 aromatic rings. The maximum atomic E-state index is 11.7. The molecule has 8 heteroatoms. The quantitative estimate of drug-likeness (QED) is 0.218. The van der Waals surface area contributed by atoms with Gasteiger partial charge in [-0.3, -0.25) is 9.59 Å². The fourth-order valence-corrected chi connectivity index (χ4v) is 1.61. The second kappa shape index (κ2) is 5.69. The molecule has 0 bridgehead atoms. The predicted octanol–water partition coefficient (Wildman–Crippen LogP) is -2.15. The number of nitriles is 1. The van der Waals surface area contributed by atoms with Gasteiger partial charge in [0.1, 0.15) is 6.04 Å². The van der Waals surface area contributed by atoms with Crippen LogP contribution in [-0.2, 0) is 9.59 Å². The van der Waals surface area contributed by atoms with E-state index < -0.39 is 17.8 Å². The highest BCUT2D eigenvalue weighted by molar-refractivity contribution is 6.37. The van der Waals surface area contributed by atoms with Crippen molar-refractivity contribution in [1.82, 2.24) is 10.2 Å². The van der Waals surface area contributed by atoms with Crippen molar-refractivity contribution < 1.29 is 9.59 Å². The van der Waals surface area contributed by atoms with E-state index in [4.69, 9.17) is 16.8 Å². The number of likely N-dealkylation sites (tertiary alicyclic amines) is 1. The Bertz CT molecular complexity index is 385. The zero-order chi connectivity index (χ0) is 12.8. The van der Waals surface area contributed by atoms with Gasteiger partial charge in [-0.05, 0) is 12.8 Å². The summed E-state index contributed by atoms with van der Waals surface area (Å²) in [6.07, 6.45) is 1.47. The second-order valence-corrected chi connectivity index (χ2v) is 3.57. The van der Waals surface area contributed by atoms with Crippen molar-refractivity contribution >= 4 is 17.6 Å². The number of hydrogen-bond acceptors (Lipinski definition) is 5. The Labute approximate surface area is 98.2 Å². The third-order valence-corrected chi connectivity index (χ3v) is 2.49. The van der Waals surface area contributed by atoms with Gasteiger partial charge < -0.3 is 21.8 Å². The highest BCUT2D eigenvalue weighted by Crippen LogP contribution is 2.15. The fourth-order valence-electron chi connectivity index (χ4n) is 1.61. The van der Waals surface area contributed by atoms with E-state index >= 15 is 0 Å². The lowest BCUT2D eigenvalue weighted by Gasteiger charge is -2.19. The van der Waals surface area contributed by atoms with Crippen LogP contribution in [0.4, 0.5) is 0 Å². The van der Waals surface area contributed by atoms with E-state index in [1.165, 1.54) is 4.90 Å². The van der Waals surface area contributed by atoms with E-state index in [9.17, 15) is 9.59 Å². The van der Waals surface area contributed by atoms with Crippen LogP contribution in [0.2, 0.25) is 0 Å². The number of nitrogens with two attached hydrogens (primary N) is 2. The Kier molecular flexibility index (Phi) is 4.28. The van der Waals surface area contributed by atoms with E-state index in [0.29, 0.717) is 13.0 Å². The van der Waals surface area contributed by atoms with E-state index in [-0.39, 0.29) is 12.5 Å². The maximum Gasteiger partial charge on any atom is 0.288 e. The first-order valence-electron chi connectivity index (χ1n) is 5.10. The number of nitrogens with zero attached hydrogens (tertiary/aromatic N) is 3. The monoisotopic (exact) mass is 238 g/mol. The van der Waals surface area contributed by atoms with Crippen molar-refractivity contribution in [2.24, 2.45) is 16.7 Å². The van der Waals surface area contributed by atoms with Gasteiger partial charge in [0.2, 0.25) is 11.7 Å². The maximum absolute atomic E-state index is 11.7. The summed E-state index contributed by atoms with van der Waals surface area (Å²) in [7, 11) is 0. The van der Waals surface area contributed by atoms with Crippen molar-refractivity contribution in [3.8, 4) is 6.07 Å². The molecule has 0 unspecified atom stereocenters. The second-order valence-electron chi connectivity index (χ2n) is 3.57. The Hall–Kier alpha value is -2.30. The van der Waals surface area contributed by atoms with Crippen LogP contribution in [0.15, 0.2) is 5.10 Å². The highest BCUT2D eigenvalue weighted by atomic mass is 16.2. The molecule has 2 amide bonds. The smallest absolute Gasteiger partial charge is 0.288 e. The molecule has 0 radical (unpaired) electrons. The van der Waals surface area contributed by atoms with E-state index in [0.717, 1.165) is 6.42 Å². The Morgan fingerprint density at radius 3 is 2.88 bits per heavy atom. The van der Waals surface area contributed by atoms with Gasteiger partial charge in [-0.25, -0.2) is 0 Å². The lowest BCUT2D eigenvalue weighted by atomic mass is 10.2. The van der Waals surface area contributed by atoms with Crippen LogP contribution in [0, 0.1) is 11.3 Å². The Balaban J connectivity index is 2.45. The van der Waals surface area contributed by atoms with Gasteiger partial charge in [-0.2, -0.15) is 10.4 Å². The van der Waals surface area contributed by atoms with Gasteiger partial charge >= 0.3 is 0 Å². The van der Waals surface area contributed by atoms with Crippen LogP contribution in [0.5, 0.6) is 0 Å². The average Bonchev–Trinajstić information content (AvgIpc) is 2.82. The molecule has 0 aromatic heterocycles. The van der Waals surface area contributed by atoms with Gasteiger partial charge in [0.15, 0.2) is 0 Å². The standard InChI is InChI=1S/C9H14N6O2/c10-4-6-2-1-3-15(6)7(16)5-13-9(17)8(11)14-12/h6H,1-3,5,12H2,(H2,11,14)(H,13,17)/t6-/m0/s1. The Morgan fingerprint density at radius 1 is 1.59 bits per heavy atom. The molecular formula is C9H14N6O2. The summed E-state index contributed by atoms with van der Waals surface area (Å²) >= 11 is 0. The molecule has 1 aliphatic heterocycles. The van der Waals surface area contributed by atoms with Crippen molar-refractivity contribution in [2.45, 2.75) is 18.9 Å². The molecule has 1 rings (SSSR count). The summed E-state index contributed by atoms with van der Waals surface area (Å²) in [6, 6.07) is 1.64. The van der Waals surface area contributed by atoms with Gasteiger partial charge in [0.25, 0.3) is 5.91 Å². The lowest BCUT2D eigenvalue weighted by molar-refractivity contribution is -0.131. The van der Waals surface area contributed by atoms with Crippen molar-refractivity contribution in [3.05, 3.63) is 0 Å². The van der Waals surface area contributed by atoms with Crippen molar-refractivity contribution in [3.63, 3.8) is 0 Å². The molecule has 1 aliphatic rings. The molecule has 0 aromatic carbocycles. The molecule has 0 aliphatic carbocycles. The molecule has 0 spiro atoms. The van der Waals surface area contributed by atoms with E-state index in [1.807, 2.05) is 6.07 Å². The zero-order valence-electron chi connectivity index (χ0n) is 9.22. The molecule has 92 valence electrons. The largest absolute Gasteiger partial charge is 0.378 e. The van der Waals surface area contributed by atoms with Gasteiger partial charge in [0, 0.05) is 6.54 Å². The summed E-state index contributed by atoms with van der Waals surface area (Å²) in [6.45, 7) is 0.320. The van der Waals surface area contributed by atoms with Crippen LogP contribution in [0.3, 0.4) is 0 Å². The predicted molar refractivity (Wildman–Crippen MR) is 59.2 cm³/mol. The highest BCUT2D eigenvalue weighted by Gasteiger charge is 2.28. The average molecular weight is 238 g/mol. The van der Waals surface area contributed by atoms with Gasteiger partial charge in [-0.1, -0.05) is 0 Å². The van der Waals surface area contributed by atoms with Gasteiger partial charge in [-0.15, -0.1) is 0 Å². The number of amides is 2. The first-order chi connectivity index (χ1) is 8.10. The van der Waals surface area contributed by atoms with Crippen molar-refractivity contribution in [1.29, 1.82) is 5.26 Å². The molecular weight excluding hydrogens is 224 g/mol. The summed E-state index contributed by atoms with van der Waals surface area (Å²) in [5.41, 5.74) is 5.15. The number of carbonyl (C=O) groups is 2. The lowest BCUT2D eigenvalue weighted by Crippen LogP contribution is -2.45. The third-order valence-electron chi connectivity index (χ3n) is 2.49. The Morgan fingerprint density at radius 2 is 2.29 bits per heavy atom. The number of carbonyl (C=O) groups excluding carboxylic acids is 2. The number of amidine groups is 1. The summed E-state index contributed by atoms with van der Waals surface area (Å²) in [5, 5.41) is 14.1. The molecule has 1 saturated heterocycles. The number of hydrogen-bond donors (Lipinski definition) is 3. The number of hydrazone groups is 1. The molecule has 0 saturated carbocycles. The minimum Gasteiger partial charge on any atom is -0.378 e. The van der Waals surface area contributed by atoms with Gasteiger partial charge in [0.05, 0.1) is 12.6 Å². The van der Waals surface area contributed by atoms with Crippen LogP contribution in [0.25, 0.3) is 0 Å². The molecule has 5 N–H and O–H groups in total.